The Balaban J connectivity index is 2.06. The second-order valence-electron chi connectivity index (χ2n) is 5.03. The van der Waals surface area contributed by atoms with Crippen LogP contribution in [0.1, 0.15) is 5.56 Å². The highest BCUT2D eigenvalue weighted by Gasteiger charge is 2.28. The van der Waals surface area contributed by atoms with Crippen molar-refractivity contribution in [3.8, 4) is 0 Å². The number of halogens is 1. The standard InChI is InChI=1S/C14H19BrN2O2/c1-16-5-7-17(8-6-16)13(14(18)19)10-11-3-2-4-12(15)9-11/h2-4,9,13H,5-8,10H2,1H3,(H,18,19)/t13-/m1/s1. The van der Waals surface area contributed by atoms with Crippen LogP contribution in [0, 0.1) is 0 Å². The average Bonchev–Trinajstić information content (AvgIpc) is 2.37. The fourth-order valence-corrected chi connectivity index (χ4v) is 2.84. The summed E-state index contributed by atoms with van der Waals surface area (Å²) < 4.78 is 0.993. The Morgan fingerprint density at radius 1 is 1.37 bits per heavy atom. The normalized spacial score (nSPS) is 19.3. The molecule has 1 fully saturated rings. The second-order valence-corrected chi connectivity index (χ2v) is 5.94. The summed E-state index contributed by atoms with van der Waals surface area (Å²) in [5, 5.41) is 9.46. The number of carboxylic acid groups (broad SMARTS) is 1. The molecule has 1 atom stereocenters. The minimum Gasteiger partial charge on any atom is -0.480 e. The molecule has 5 heteroatoms. The first kappa shape index (κ1) is 14.5. The summed E-state index contributed by atoms with van der Waals surface area (Å²) in [7, 11) is 2.07. The number of hydrogen-bond donors (Lipinski definition) is 1. The van der Waals surface area contributed by atoms with Crippen molar-refractivity contribution in [1.82, 2.24) is 9.80 Å². The first-order valence-electron chi connectivity index (χ1n) is 6.46. The van der Waals surface area contributed by atoms with Gasteiger partial charge in [0.2, 0.25) is 0 Å². The molecule has 0 bridgehead atoms. The predicted octanol–water partition coefficient (Wildman–Crippen LogP) is 1.69. The van der Waals surface area contributed by atoms with Crippen molar-refractivity contribution in [3.05, 3.63) is 34.3 Å². The Bertz CT molecular complexity index is 445. The van der Waals surface area contributed by atoms with Gasteiger partial charge in [-0.25, -0.2) is 0 Å². The average molecular weight is 327 g/mol. The maximum atomic E-state index is 11.5. The minimum atomic E-state index is -0.732. The summed E-state index contributed by atoms with van der Waals surface area (Å²) in [4.78, 5) is 15.8. The zero-order chi connectivity index (χ0) is 13.8. The molecule has 2 rings (SSSR count). The molecule has 0 unspecified atom stereocenters. The number of nitrogens with zero attached hydrogens (tertiary/aromatic N) is 2. The van der Waals surface area contributed by atoms with Crippen molar-refractivity contribution in [3.63, 3.8) is 0 Å². The van der Waals surface area contributed by atoms with Gasteiger partial charge in [-0.3, -0.25) is 9.69 Å². The maximum absolute atomic E-state index is 11.5. The van der Waals surface area contributed by atoms with Crippen LogP contribution >= 0.6 is 15.9 Å². The van der Waals surface area contributed by atoms with Crippen LogP contribution in [-0.2, 0) is 11.2 Å². The van der Waals surface area contributed by atoms with Crippen LogP contribution in [0.5, 0.6) is 0 Å². The van der Waals surface area contributed by atoms with E-state index in [1.165, 1.54) is 0 Å². The van der Waals surface area contributed by atoms with Gasteiger partial charge in [0.25, 0.3) is 0 Å². The van der Waals surface area contributed by atoms with E-state index in [2.05, 4.69) is 32.8 Å². The molecule has 0 amide bonds. The lowest BCUT2D eigenvalue weighted by Crippen LogP contribution is -2.52. The molecule has 4 nitrogen and oxygen atoms in total. The third kappa shape index (κ3) is 4.03. The molecule has 0 radical (unpaired) electrons. The molecule has 104 valence electrons. The van der Waals surface area contributed by atoms with Crippen LogP contribution < -0.4 is 0 Å². The van der Waals surface area contributed by atoms with Crippen LogP contribution in [0.25, 0.3) is 0 Å². The summed E-state index contributed by atoms with van der Waals surface area (Å²) in [6.07, 6.45) is 0.554. The van der Waals surface area contributed by atoms with Gasteiger partial charge < -0.3 is 10.0 Å². The number of benzene rings is 1. The molecule has 0 aliphatic carbocycles. The highest BCUT2D eigenvalue weighted by atomic mass is 79.9. The van der Waals surface area contributed by atoms with E-state index in [-0.39, 0.29) is 0 Å². The largest absolute Gasteiger partial charge is 0.480 e. The van der Waals surface area contributed by atoms with E-state index >= 15 is 0 Å². The van der Waals surface area contributed by atoms with Gasteiger partial charge in [0, 0.05) is 30.7 Å². The molecule has 1 aromatic carbocycles. The fraction of sp³-hybridized carbons (Fsp3) is 0.500. The van der Waals surface area contributed by atoms with Crippen LogP contribution in [-0.4, -0.2) is 60.1 Å². The van der Waals surface area contributed by atoms with E-state index < -0.39 is 12.0 Å². The SMILES string of the molecule is CN1CCN([C@H](Cc2cccc(Br)c2)C(=O)O)CC1. The van der Waals surface area contributed by atoms with Gasteiger partial charge in [0.15, 0.2) is 0 Å². The molecular weight excluding hydrogens is 308 g/mol. The lowest BCUT2D eigenvalue weighted by Gasteiger charge is -2.36. The van der Waals surface area contributed by atoms with Crippen LogP contribution in [0.4, 0.5) is 0 Å². The van der Waals surface area contributed by atoms with Gasteiger partial charge in [-0.15, -0.1) is 0 Å². The summed E-state index contributed by atoms with van der Waals surface area (Å²) in [5.74, 6) is -0.732. The van der Waals surface area contributed by atoms with Crippen molar-refractivity contribution in [1.29, 1.82) is 0 Å². The summed E-state index contributed by atoms with van der Waals surface area (Å²) in [6, 6.07) is 7.45. The third-order valence-corrected chi connectivity index (χ3v) is 4.08. The van der Waals surface area contributed by atoms with Gasteiger partial charge in [-0.05, 0) is 31.2 Å². The molecule has 1 aliphatic rings. The lowest BCUT2D eigenvalue weighted by molar-refractivity contribution is -0.144. The fourth-order valence-electron chi connectivity index (χ4n) is 2.39. The predicted molar refractivity (Wildman–Crippen MR) is 78.3 cm³/mol. The van der Waals surface area contributed by atoms with Crippen LogP contribution in [0.3, 0.4) is 0 Å². The first-order chi connectivity index (χ1) is 9.06. The number of piperazine rings is 1. The topological polar surface area (TPSA) is 43.8 Å². The number of hydrogen-bond acceptors (Lipinski definition) is 3. The zero-order valence-electron chi connectivity index (χ0n) is 11.1. The minimum absolute atomic E-state index is 0.428. The number of carboxylic acids is 1. The Kier molecular flexibility index (Phi) is 4.96. The second kappa shape index (κ2) is 6.50. The quantitative estimate of drug-likeness (QED) is 0.914. The monoisotopic (exact) mass is 326 g/mol. The van der Waals surface area contributed by atoms with E-state index in [0.717, 1.165) is 36.2 Å². The summed E-state index contributed by atoms with van der Waals surface area (Å²) >= 11 is 3.43. The molecule has 19 heavy (non-hydrogen) atoms. The molecule has 1 aliphatic heterocycles. The smallest absolute Gasteiger partial charge is 0.321 e. The molecular formula is C14H19BrN2O2. The number of aliphatic carboxylic acids is 1. The van der Waals surface area contributed by atoms with E-state index in [1.807, 2.05) is 24.3 Å². The molecule has 0 spiro atoms. The Morgan fingerprint density at radius 3 is 2.63 bits per heavy atom. The van der Waals surface area contributed by atoms with Crippen molar-refractivity contribution < 1.29 is 9.90 Å². The number of carbonyl (C=O) groups is 1. The van der Waals surface area contributed by atoms with E-state index in [1.54, 1.807) is 0 Å². The van der Waals surface area contributed by atoms with Crippen molar-refractivity contribution in [2.75, 3.05) is 33.2 Å². The van der Waals surface area contributed by atoms with E-state index in [0.29, 0.717) is 6.42 Å². The van der Waals surface area contributed by atoms with Gasteiger partial charge in [-0.1, -0.05) is 28.1 Å². The van der Waals surface area contributed by atoms with Gasteiger partial charge >= 0.3 is 5.97 Å². The Hall–Kier alpha value is -0.910. The highest BCUT2D eigenvalue weighted by Crippen LogP contribution is 2.16. The van der Waals surface area contributed by atoms with E-state index in [9.17, 15) is 9.90 Å². The molecule has 0 aromatic heterocycles. The van der Waals surface area contributed by atoms with Gasteiger partial charge in [0.05, 0.1) is 0 Å². The lowest BCUT2D eigenvalue weighted by atomic mass is 10.0. The van der Waals surface area contributed by atoms with Crippen molar-refractivity contribution >= 4 is 21.9 Å². The summed E-state index contributed by atoms with van der Waals surface area (Å²) in [5.41, 5.74) is 1.06. The van der Waals surface area contributed by atoms with Crippen LogP contribution in [0.2, 0.25) is 0 Å². The van der Waals surface area contributed by atoms with Crippen molar-refractivity contribution in [2.24, 2.45) is 0 Å². The highest BCUT2D eigenvalue weighted by molar-refractivity contribution is 9.10. The number of rotatable bonds is 4. The summed E-state index contributed by atoms with van der Waals surface area (Å²) in [6.45, 7) is 3.51. The first-order valence-corrected chi connectivity index (χ1v) is 7.25. The third-order valence-electron chi connectivity index (χ3n) is 3.58. The molecule has 0 saturated carbocycles. The Labute approximate surface area is 122 Å². The Morgan fingerprint density at radius 2 is 2.05 bits per heavy atom. The van der Waals surface area contributed by atoms with E-state index in [4.69, 9.17) is 0 Å². The molecule has 1 aromatic rings. The van der Waals surface area contributed by atoms with Crippen molar-refractivity contribution in [2.45, 2.75) is 12.5 Å². The zero-order valence-corrected chi connectivity index (χ0v) is 12.6. The maximum Gasteiger partial charge on any atom is 0.321 e. The van der Waals surface area contributed by atoms with Gasteiger partial charge in [0.1, 0.15) is 6.04 Å². The molecule has 1 saturated heterocycles. The molecule has 1 N–H and O–H groups in total. The number of likely N-dealkylation sites (N-methyl/N-ethyl adjacent to an activating group) is 1. The van der Waals surface area contributed by atoms with Crippen LogP contribution in [0.15, 0.2) is 28.7 Å². The molecule has 1 heterocycles. The van der Waals surface area contributed by atoms with Gasteiger partial charge in [-0.2, -0.15) is 0 Å².